The fraction of sp³-hybridized carbons (Fsp3) is 0.0690. The molecule has 0 spiro atoms. The van der Waals surface area contributed by atoms with Crippen molar-refractivity contribution in [3.05, 3.63) is 229 Å². The van der Waals surface area contributed by atoms with E-state index in [1.54, 1.807) is 0 Å². The zero-order valence-electron chi connectivity index (χ0n) is 33.5. The SMILES string of the molecule is C1=CC(N(c2ccccc2)c2ccc3c(-c4ccc5ccccc5c4)c4cc(N(c5ccccc5)c5ccccc5)ccc4c(-c4ccc5c(c4)C=CCC5)c3c2)=CCC1. The second kappa shape index (κ2) is 15.4. The van der Waals surface area contributed by atoms with E-state index in [1.807, 2.05) is 0 Å². The zero-order chi connectivity index (χ0) is 39.8. The van der Waals surface area contributed by atoms with E-state index in [0.717, 1.165) is 54.1 Å². The van der Waals surface area contributed by atoms with Crippen LogP contribution in [0, 0.1) is 0 Å². The van der Waals surface area contributed by atoms with E-state index in [0.29, 0.717) is 0 Å². The Morgan fingerprint density at radius 1 is 0.350 bits per heavy atom. The Hall–Kier alpha value is -7.42. The van der Waals surface area contributed by atoms with Crippen LogP contribution in [0.3, 0.4) is 0 Å². The fourth-order valence-electron chi connectivity index (χ4n) is 9.42. The van der Waals surface area contributed by atoms with Gasteiger partial charge in [0, 0.05) is 34.1 Å². The van der Waals surface area contributed by atoms with Crippen molar-refractivity contribution in [2.45, 2.75) is 25.7 Å². The number of benzene rings is 9. The smallest absolute Gasteiger partial charge is 0.0468 e. The van der Waals surface area contributed by atoms with E-state index >= 15 is 0 Å². The minimum Gasteiger partial charge on any atom is -0.311 e. The first-order valence-electron chi connectivity index (χ1n) is 21.2. The molecule has 11 rings (SSSR count). The van der Waals surface area contributed by atoms with Crippen LogP contribution in [0.5, 0.6) is 0 Å². The maximum Gasteiger partial charge on any atom is 0.0468 e. The van der Waals surface area contributed by atoms with Gasteiger partial charge in [-0.3, -0.25) is 0 Å². The number of fused-ring (bicyclic) bond motifs is 4. The van der Waals surface area contributed by atoms with Crippen molar-refractivity contribution in [3.8, 4) is 22.3 Å². The third kappa shape index (κ3) is 6.47. The van der Waals surface area contributed by atoms with Crippen molar-refractivity contribution >= 4 is 66.8 Å². The highest BCUT2D eigenvalue weighted by molar-refractivity contribution is 6.23. The summed E-state index contributed by atoms with van der Waals surface area (Å²) in [5, 5.41) is 7.39. The minimum absolute atomic E-state index is 1.03. The molecular weight excluding hydrogens is 725 g/mol. The fourth-order valence-corrected chi connectivity index (χ4v) is 9.42. The van der Waals surface area contributed by atoms with Crippen LogP contribution in [-0.4, -0.2) is 0 Å². The third-order valence-corrected chi connectivity index (χ3v) is 12.2. The van der Waals surface area contributed by atoms with Crippen LogP contribution in [0.25, 0.3) is 60.6 Å². The number of hydrogen-bond donors (Lipinski definition) is 0. The predicted octanol–water partition coefficient (Wildman–Crippen LogP) is 16.3. The van der Waals surface area contributed by atoms with Crippen molar-refractivity contribution in [1.29, 1.82) is 0 Å². The molecule has 60 heavy (non-hydrogen) atoms. The summed E-state index contributed by atoms with van der Waals surface area (Å²) >= 11 is 0. The molecule has 9 aromatic rings. The Morgan fingerprint density at radius 3 is 1.53 bits per heavy atom. The van der Waals surface area contributed by atoms with Crippen molar-refractivity contribution in [3.63, 3.8) is 0 Å². The summed E-state index contributed by atoms with van der Waals surface area (Å²) in [6.07, 6.45) is 15.8. The number of para-hydroxylation sites is 3. The van der Waals surface area contributed by atoms with Gasteiger partial charge < -0.3 is 9.80 Å². The topological polar surface area (TPSA) is 6.48 Å². The second-order valence-electron chi connectivity index (χ2n) is 15.9. The second-order valence-corrected chi connectivity index (χ2v) is 15.9. The van der Waals surface area contributed by atoms with Crippen LogP contribution in [0.15, 0.2) is 218 Å². The highest BCUT2D eigenvalue weighted by Crippen LogP contribution is 2.48. The van der Waals surface area contributed by atoms with E-state index in [2.05, 4.69) is 228 Å². The third-order valence-electron chi connectivity index (χ3n) is 12.2. The number of aryl methyl sites for hydroxylation is 1. The van der Waals surface area contributed by atoms with Gasteiger partial charge in [-0.15, -0.1) is 0 Å². The van der Waals surface area contributed by atoms with E-state index in [1.165, 1.54) is 71.4 Å². The van der Waals surface area contributed by atoms with Crippen molar-refractivity contribution in [1.82, 2.24) is 0 Å². The largest absolute Gasteiger partial charge is 0.311 e. The van der Waals surface area contributed by atoms with Gasteiger partial charge in [-0.2, -0.15) is 0 Å². The molecule has 0 radical (unpaired) electrons. The normalized spacial score (nSPS) is 13.4. The molecule has 2 nitrogen and oxygen atoms in total. The van der Waals surface area contributed by atoms with Crippen LogP contribution in [-0.2, 0) is 6.42 Å². The maximum absolute atomic E-state index is 2.45. The maximum atomic E-state index is 2.45. The molecule has 0 bridgehead atoms. The molecule has 0 saturated carbocycles. The molecule has 0 aromatic heterocycles. The number of rotatable bonds is 8. The summed E-state index contributed by atoms with van der Waals surface area (Å²) in [7, 11) is 0. The molecule has 2 aliphatic carbocycles. The lowest BCUT2D eigenvalue weighted by atomic mass is 9.84. The summed E-state index contributed by atoms with van der Waals surface area (Å²) in [5.74, 6) is 0. The van der Waals surface area contributed by atoms with Crippen molar-refractivity contribution in [2.24, 2.45) is 0 Å². The van der Waals surface area contributed by atoms with Gasteiger partial charge in [-0.25, -0.2) is 0 Å². The number of hydrogen-bond acceptors (Lipinski definition) is 2. The monoisotopic (exact) mass is 768 g/mol. The molecule has 9 aromatic carbocycles. The average Bonchev–Trinajstić information content (AvgIpc) is 3.32. The number of nitrogens with zero attached hydrogens (tertiary/aromatic N) is 2. The Bertz CT molecular complexity index is 3100. The number of anilines is 5. The first-order valence-corrected chi connectivity index (χ1v) is 21.2. The van der Waals surface area contributed by atoms with E-state index in [4.69, 9.17) is 0 Å². The number of allylic oxidation sites excluding steroid dienone is 4. The van der Waals surface area contributed by atoms with Crippen LogP contribution in [0.2, 0.25) is 0 Å². The highest BCUT2D eigenvalue weighted by Gasteiger charge is 2.23. The molecule has 0 unspecified atom stereocenters. The predicted molar refractivity (Wildman–Crippen MR) is 257 cm³/mol. The zero-order valence-corrected chi connectivity index (χ0v) is 33.5. The molecule has 2 heteroatoms. The molecular formula is C58H44N2. The first kappa shape index (κ1) is 35.7. The molecule has 0 amide bonds. The molecule has 286 valence electrons. The first-order chi connectivity index (χ1) is 29.8. The van der Waals surface area contributed by atoms with Crippen molar-refractivity contribution < 1.29 is 0 Å². The quantitative estimate of drug-likeness (QED) is 0.142. The summed E-state index contributed by atoms with van der Waals surface area (Å²) in [6, 6.07) is 69.4. The minimum atomic E-state index is 1.03. The van der Waals surface area contributed by atoms with E-state index in [-0.39, 0.29) is 0 Å². The molecule has 0 aliphatic heterocycles. The molecule has 2 aliphatic rings. The van der Waals surface area contributed by atoms with Gasteiger partial charge in [0.2, 0.25) is 0 Å². The summed E-state index contributed by atoms with van der Waals surface area (Å²) in [6.45, 7) is 0. The summed E-state index contributed by atoms with van der Waals surface area (Å²) < 4.78 is 0. The van der Waals surface area contributed by atoms with Crippen LogP contribution in [0.1, 0.15) is 30.4 Å². The van der Waals surface area contributed by atoms with Gasteiger partial charge in [0.15, 0.2) is 0 Å². The molecule has 0 saturated heterocycles. The standard InChI is InChI=1S/C58H44N2/c1-5-21-47(22-6-1)59(48-23-7-2-8-24-48)51-33-35-53-55(39-51)57(45-31-29-41-17-13-15-19-43(41)37-45)54-36-34-52(60(49-25-9-3-10-26-49)50-27-11-4-12-28-50)40-56(54)58(53)46-32-30-42-18-14-16-20-44(42)38-46/h1-3,5-11,13,15-17,19-40H,4,12,14,18H2. The van der Waals surface area contributed by atoms with Gasteiger partial charge in [-0.1, -0.05) is 140 Å². The average molecular weight is 769 g/mol. The van der Waals surface area contributed by atoms with Gasteiger partial charge in [-0.05, 0) is 170 Å². The van der Waals surface area contributed by atoms with Crippen LogP contribution >= 0.6 is 0 Å². The van der Waals surface area contributed by atoms with Gasteiger partial charge in [0.05, 0.1) is 0 Å². The highest BCUT2D eigenvalue weighted by atomic mass is 15.1. The Labute approximate surface area is 352 Å². The lowest BCUT2D eigenvalue weighted by molar-refractivity contribution is 0.986. The molecule has 0 fully saturated rings. The molecule has 0 atom stereocenters. The Balaban J connectivity index is 1.25. The Kier molecular flexibility index (Phi) is 9.17. The van der Waals surface area contributed by atoms with E-state index < -0.39 is 0 Å². The van der Waals surface area contributed by atoms with Gasteiger partial charge in [0.1, 0.15) is 0 Å². The lowest BCUT2D eigenvalue weighted by Gasteiger charge is -2.29. The summed E-state index contributed by atoms with van der Waals surface area (Å²) in [5.41, 5.74) is 14.5. The van der Waals surface area contributed by atoms with Crippen LogP contribution in [0.4, 0.5) is 28.4 Å². The molecule has 0 N–H and O–H groups in total. The van der Waals surface area contributed by atoms with Crippen LogP contribution < -0.4 is 9.80 Å². The summed E-state index contributed by atoms with van der Waals surface area (Å²) in [4.78, 5) is 4.80. The van der Waals surface area contributed by atoms with Gasteiger partial charge >= 0.3 is 0 Å². The van der Waals surface area contributed by atoms with E-state index in [9.17, 15) is 0 Å². The Morgan fingerprint density at radius 2 is 0.900 bits per heavy atom. The lowest BCUT2D eigenvalue weighted by Crippen LogP contribution is -2.16. The molecule has 0 heterocycles. The van der Waals surface area contributed by atoms with Gasteiger partial charge in [0.25, 0.3) is 0 Å². The van der Waals surface area contributed by atoms with Crippen molar-refractivity contribution in [2.75, 3.05) is 9.80 Å².